The Kier molecular flexibility index (Phi) is 4.63. The van der Waals surface area contributed by atoms with Crippen LogP contribution in [0.4, 0.5) is 5.69 Å². The van der Waals surface area contributed by atoms with Crippen molar-refractivity contribution in [3.8, 4) is 5.75 Å². The van der Waals surface area contributed by atoms with Crippen LogP contribution in [0.2, 0.25) is 5.02 Å². The largest absolute Gasteiger partial charge is 0.479 e. The van der Waals surface area contributed by atoms with E-state index in [4.69, 9.17) is 16.3 Å². The van der Waals surface area contributed by atoms with Gasteiger partial charge in [0, 0.05) is 13.2 Å². The van der Waals surface area contributed by atoms with Crippen LogP contribution in [-0.2, 0) is 11.8 Å². The zero-order valence-corrected chi connectivity index (χ0v) is 12.1. The molecule has 1 amide bonds. The third kappa shape index (κ3) is 3.51. The van der Waals surface area contributed by atoms with Crippen molar-refractivity contribution in [1.82, 2.24) is 9.78 Å². The Balaban J connectivity index is 2.04. The van der Waals surface area contributed by atoms with Crippen LogP contribution >= 0.6 is 11.6 Å². The second kappa shape index (κ2) is 6.43. The Labute approximate surface area is 122 Å². The molecule has 0 aliphatic heterocycles. The standard InChI is InChI=1S/C14H16ClN3O2/c1-3-12(20-13-7-5-4-6-11(13)15)14(19)17-10-8-16-18(2)9-10/h4-9,12H,3H2,1-2H3,(H,17,19). The lowest BCUT2D eigenvalue weighted by Gasteiger charge is -2.17. The van der Waals surface area contributed by atoms with E-state index in [0.29, 0.717) is 22.9 Å². The zero-order valence-electron chi connectivity index (χ0n) is 11.3. The maximum Gasteiger partial charge on any atom is 0.265 e. The molecule has 1 heterocycles. The zero-order chi connectivity index (χ0) is 14.5. The van der Waals surface area contributed by atoms with E-state index in [1.165, 1.54) is 0 Å². The number of carbonyl (C=O) groups excluding carboxylic acids is 1. The molecule has 1 N–H and O–H groups in total. The molecule has 5 nitrogen and oxygen atoms in total. The summed E-state index contributed by atoms with van der Waals surface area (Å²) in [6, 6.07) is 7.09. The topological polar surface area (TPSA) is 56.1 Å². The molecule has 0 spiro atoms. The van der Waals surface area contributed by atoms with Crippen molar-refractivity contribution >= 4 is 23.2 Å². The van der Waals surface area contributed by atoms with Gasteiger partial charge in [0.25, 0.3) is 5.91 Å². The molecular formula is C14H16ClN3O2. The molecular weight excluding hydrogens is 278 g/mol. The van der Waals surface area contributed by atoms with Gasteiger partial charge in [-0.1, -0.05) is 30.7 Å². The number of anilines is 1. The van der Waals surface area contributed by atoms with E-state index < -0.39 is 6.10 Å². The van der Waals surface area contributed by atoms with Crippen molar-refractivity contribution in [1.29, 1.82) is 0 Å². The molecule has 2 aromatic rings. The lowest BCUT2D eigenvalue weighted by molar-refractivity contribution is -0.122. The van der Waals surface area contributed by atoms with E-state index in [-0.39, 0.29) is 5.91 Å². The van der Waals surface area contributed by atoms with Crippen molar-refractivity contribution in [3.05, 3.63) is 41.7 Å². The highest BCUT2D eigenvalue weighted by Gasteiger charge is 2.19. The Bertz CT molecular complexity index is 598. The van der Waals surface area contributed by atoms with Crippen LogP contribution in [-0.4, -0.2) is 21.8 Å². The van der Waals surface area contributed by atoms with Gasteiger partial charge in [0.1, 0.15) is 5.75 Å². The van der Waals surface area contributed by atoms with E-state index in [1.54, 1.807) is 36.3 Å². The van der Waals surface area contributed by atoms with Gasteiger partial charge in [-0.05, 0) is 18.6 Å². The summed E-state index contributed by atoms with van der Waals surface area (Å²) in [6.45, 7) is 1.88. The van der Waals surface area contributed by atoms with E-state index in [9.17, 15) is 4.79 Å². The summed E-state index contributed by atoms with van der Waals surface area (Å²) in [5.74, 6) is 0.280. The molecule has 0 aliphatic carbocycles. The lowest BCUT2D eigenvalue weighted by Crippen LogP contribution is -2.32. The Morgan fingerprint density at radius 3 is 2.85 bits per heavy atom. The van der Waals surface area contributed by atoms with Crippen molar-refractivity contribution in [3.63, 3.8) is 0 Å². The van der Waals surface area contributed by atoms with Gasteiger partial charge in [-0.25, -0.2) is 0 Å². The van der Waals surface area contributed by atoms with E-state index in [0.717, 1.165) is 0 Å². The number of benzene rings is 1. The van der Waals surface area contributed by atoms with Crippen LogP contribution < -0.4 is 10.1 Å². The fraction of sp³-hybridized carbons (Fsp3) is 0.286. The maximum absolute atomic E-state index is 12.2. The van der Waals surface area contributed by atoms with Gasteiger partial charge in [0.15, 0.2) is 6.10 Å². The highest BCUT2D eigenvalue weighted by molar-refractivity contribution is 6.32. The molecule has 6 heteroatoms. The summed E-state index contributed by atoms with van der Waals surface area (Å²) in [5, 5.41) is 7.24. The number of amides is 1. The monoisotopic (exact) mass is 293 g/mol. The molecule has 1 aromatic carbocycles. The number of nitrogens with one attached hydrogen (secondary N) is 1. The lowest BCUT2D eigenvalue weighted by atomic mass is 10.2. The van der Waals surface area contributed by atoms with E-state index in [2.05, 4.69) is 10.4 Å². The molecule has 0 radical (unpaired) electrons. The summed E-state index contributed by atoms with van der Waals surface area (Å²) < 4.78 is 7.28. The Hall–Kier alpha value is -2.01. The van der Waals surface area contributed by atoms with Crippen LogP contribution in [0.15, 0.2) is 36.7 Å². The Morgan fingerprint density at radius 2 is 2.25 bits per heavy atom. The first kappa shape index (κ1) is 14.4. The van der Waals surface area contributed by atoms with Crippen LogP contribution in [0.5, 0.6) is 5.75 Å². The van der Waals surface area contributed by atoms with E-state index >= 15 is 0 Å². The summed E-state index contributed by atoms with van der Waals surface area (Å²) >= 11 is 6.02. The van der Waals surface area contributed by atoms with Gasteiger partial charge in [0.05, 0.1) is 16.9 Å². The minimum Gasteiger partial charge on any atom is -0.479 e. The SMILES string of the molecule is CCC(Oc1ccccc1Cl)C(=O)Nc1cnn(C)c1. The van der Waals surface area contributed by atoms with Crippen LogP contribution in [0.3, 0.4) is 0 Å². The van der Waals surface area contributed by atoms with Gasteiger partial charge < -0.3 is 10.1 Å². The average Bonchev–Trinajstić information content (AvgIpc) is 2.83. The molecule has 1 atom stereocenters. The van der Waals surface area contributed by atoms with Gasteiger partial charge in [-0.3, -0.25) is 9.48 Å². The number of para-hydroxylation sites is 1. The maximum atomic E-state index is 12.2. The predicted octanol–water partition coefficient (Wildman–Crippen LogP) is 2.87. The number of aromatic nitrogens is 2. The third-order valence-electron chi connectivity index (χ3n) is 2.74. The molecule has 0 fully saturated rings. The van der Waals surface area contributed by atoms with Crippen LogP contribution in [0.1, 0.15) is 13.3 Å². The van der Waals surface area contributed by atoms with Gasteiger partial charge in [-0.15, -0.1) is 0 Å². The van der Waals surface area contributed by atoms with Crippen molar-refractivity contribution in [2.75, 3.05) is 5.32 Å². The first-order chi connectivity index (χ1) is 9.60. The predicted molar refractivity (Wildman–Crippen MR) is 78.0 cm³/mol. The molecule has 0 aliphatic rings. The Morgan fingerprint density at radius 1 is 1.50 bits per heavy atom. The molecule has 0 saturated heterocycles. The summed E-state index contributed by atoms with van der Waals surface area (Å²) in [4.78, 5) is 12.2. The molecule has 1 aromatic heterocycles. The van der Waals surface area contributed by atoms with E-state index in [1.807, 2.05) is 19.1 Å². The summed E-state index contributed by atoms with van der Waals surface area (Å²) in [7, 11) is 1.78. The van der Waals surface area contributed by atoms with Crippen LogP contribution in [0.25, 0.3) is 0 Å². The second-order valence-electron chi connectivity index (χ2n) is 4.34. The number of halogens is 1. The number of carbonyl (C=O) groups is 1. The molecule has 1 unspecified atom stereocenters. The van der Waals surface area contributed by atoms with Crippen molar-refractivity contribution < 1.29 is 9.53 Å². The number of hydrogen-bond donors (Lipinski definition) is 1. The van der Waals surface area contributed by atoms with Gasteiger partial charge in [0.2, 0.25) is 0 Å². The van der Waals surface area contributed by atoms with Crippen LogP contribution in [0, 0.1) is 0 Å². The third-order valence-corrected chi connectivity index (χ3v) is 3.05. The fourth-order valence-corrected chi connectivity index (χ4v) is 1.90. The molecule has 106 valence electrons. The first-order valence-electron chi connectivity index (χ1n) is 6.31. The molecule has 20 heavy (non-hydrogen) atoms. The minimum atomic E-state index is -0.602. The quantitative estimate of drug-likeness (QED) is 0.922. The van der Waals surface area contributed by atoms with Gasteiger partial charge in [-0.2, -0.15) is 5.10 Å². The number of rotatable bonds is 5. The fourth-order valence-electron chi connectivity index (χ4n) is 1.72. The highest BCUT2D eigenvalue weighted by Crippen LogP contribution is 2.25. The van der Waals surface area contributed by atoms with Crippen molar-refractivity contribution in [2.24, 2.45) is 7.05 Å². The number of ether oxygens (including phenoxy) is 1. The molecule has 0 bridgehead atoms. The molecule has 0 saturated carbocycles. The van der Waals surface area contributed by atoms with Crippen molar-refractivity contribution in [2.45, 2.75) is 19.4 Å². The average molecular weight is 294 g/mol. The first-order valence-corrected chi connectivity index (χ1v) is 6.68. The summed E-state index contributed by atoms with van der Waals surface area (Å²) in [6.07, 6.45) is 3.24. The number of aryl methyl sites for hydroxylation is 1. The van der Waals surface area contributed by atoms with Gasteiger partial charge >= 0.3 is 0 Å². The highest BCUT2D eigenvalue weighted by atomic mass is 35.5. The second-order valence-corrected chi connectivity index (χ2v) is 4.74. The molecule has 2 rings (SSSR count). The smallest absolute Gasteiger partial charge is 0.265 e. The normalized spacial score (nSPS) is 11.9. The summed E-state index contributed by atoms with van der Waals surface area (Å²) in [5.41, 5.74) is 0.638. The number of hydrogen-bond acceptors (Lipinski definition) is 3. The number of nitrogens with zero attached hydrogens (tertiary/aromatic N) is 2. The minimum absolute atomic E-state index is 0.222.